The number of aryl methyl sites for hydroxylation is 1. The highest BCUT2D eigenvalue weighted by atomic mass is 35.5. The van der Waals surface area contributed by atoms with Gasteiger partial charge in [-0.25, -0.2) is 9.97 Å². The van der Waals surface area contributed by atoms with Gasteiger partial charge in [0.15, 0.2) is 10.8 Å². The Balaban J connectivity index is 2.53. The summed E-state index contributed by atoms with van der Waals surface area (Å²) in [5, 5.41) is 1.68. The summed E-state index contributed by atoms with van der Waals surface area (Å²) >= 11 is 8.79. The average molecular weight is 309 g/mol. The van der Waals surface area contributed by atoms with Crippen molar-refractivity contribution in [1.82, 2.24) is 19.5 Å². The second-order valence-corrected chi connectivity index (χ2v) is 5.65. The van der Waals surface area contributed by atoms with Crippen molar-refractivity contribution in [2.75, 3.05) is 11.5 Å². The highest BCUT2D eigenvalue weighted by Gasteiger charge is 2.15. The van der Waals surface area contributed by atoms with Crippen molar-refractivity contribution in [3.63, 3.8) is 0 Å². The first-order chi connectivity index (χ1) is 9.17. The van der Waals surface area contributed by atoms with Crippen LogP contribution >= 0.6 is 35.1 Å². The van der Waals surface area contributed by atoms with Crippen LogP contribution in [0.3, 0.4) is 0 Å². The van der Waals surface area contributed by atoms with Gasteiger partial charge in [-0.2, -0.15) is 4.98 Å². The van der Waals surface area contributed by atoms with E-state index in [1.807, 2.05) is 11.6 Å². The Morgan fingerprint density at radius 3 is 2.53 bits per heavy atom. The molecular weight excluding hydrogens is 300 g/mol. The average Bonchev–Trinajstić information content (AvgIpc) is 2.70. The minimum atomic E-state index is 0.165. The van der Waals surface area contributed by atoms with E-state index in [1.54, 1.807) is 0 Å². The second kappa shape index (κ2) is 6.21. The van der Waals surface area contributed by atoms with Gasteiger partial charge in [0.05, 0.1) is 11.5 Å². The number of fused-ring (bicyclic) bond motifs is 1. The Hall–Kier alpha value is -1.34. The smallest absolute Gasteiger partial charge is 0.225 e. The topological polar surface area (TPSA) is 43.6 Å². The van der Waals surface area contributed by atoms with Gasteiger partial charge in [-0.05, 0) is 11.6 Å². The Labute approximate surface area is 124 Å². The molecule has 0 spiro atoms. The number of aromatic nitrogens is 4. The lowest BCUT2D eigenvalue weighted by Gasteiger charge is -2.03. The van der Waals surface area contributed by atoms with Crippen LogP contribution in [0.2, 0.25) is 5.28 Å². The molecule has 0 radical (unpaired) electrons. The molecule has 0 aliphatic heterocycles. The molecule has 0 bridgehead atoms. The van der Waals surface area contributed by atoms with Crippen LogP contribution in [0.15, 0.2) is 10.2 Å². The van der Waals surface area contributed by atoms with Gasteiger partial charge in [0.25, 0.3) is 0 Å². The van der Waals surface area contributed by atoms with E-state index in [1.165, 1.54) is 23.5 Å². The third kappa shape index (κ3) is 2.98. The van der Waals surface area contributed by atoms with Gasteiger partial charge < -0.3 is 4.57 Å². The molecule has 2 heterocycles. The van der Waals surface area contributed by atoms with E-state index in [4.69, 9.17) is 24.4 Å². The maximum atomic E-state index is 5.89. The van der Waals surface area contributed by atoms with Crippen LogP contribution in [0.1, 0.15) is 0 Å². The maximum absolute atomic E-state index is 5.89. The van der Waals surface area contributed by atoms with Crippen molar-refractivity contribution < 1.29 is 0 Å². The molecule has 0 saturated heterocycles. The van der Waals surface area contributed by atoms with Crippen LogP contribution < -0.4 is 0 Å². The fraction of sp³-hybridized carbons (Fsp3) is 0.250. The van der Waals surface area contributed by atoms with Crippen molar-refractivity contribution in [2.45, 2.75) is 10.2 Å². The summed E-state index contributed by atoms with van der Waals surface area (Å²) in [5.41, 5.74) is 1.38. The first kappa shape index (κ1) is 14.1. The van der Waals surface area contributed by atoms with Crippen LogP contribution in [-0.4, -0.2) is 31.0 Å². The first-order valence-corrected chi connectivity index (χ1v) is 7.54. The fourth-order valence-corrected chi connectivity index (χ4v) is 3.08. The zero-order valence-electron chi connectivity index (χ0n) is 10.1. The van der Waals surface area contributed by atoms with Gasteiger partial charge in [0, 0.05) is 7.05 Å². The van der Waals surface area contributed by atoms with Gasteiger partial charge in [0.1, 0.15) is 10.5 Å². The van der Waals surface area contributed by atoms with Crippen LogP contribution in [0.25, 0.3) is 11.2 Å². The zero-order valence-corrected chi connectivity index (χ0v) is 12.4. The molecule has 0 fully saturated rings. The summed E-state index contributed by atoms with van der Waals surface area (Å²) in [5.74, 6) is 6.18. The van der Waals surface area contributed by atoms with Crippen LogP contribution in [0.4, 0.5) is 0 Å². The SMILES string of the molecule is C#CCSc1nc(Cl)nc2nc(SCC#C)n(C)c12. The van der Waals surface area contributed by atoms with Crippen molar-refractivity contribution in [3.8, 4) is 24.7 Å². The molecule has 2 aromatic heterocycles. The normalized spacial score (nSPS) is 10.3. The number of hydrogen-bond acceptors (Lipinski definition) is 5. The van der Waals surface area contributed by atoms with Gasteiger partial charge in [0.2, 0.25) is 5.28 Å². The number of halogens is 1. The molecule has 0 atom stereocenters. The van der Waals surface area contributed by atoms with E-state index in [-0.39, 0.29) is 5.28 Å². The van der Waals surface area contributed by atoms with Gasteiger partial charge in [-0.3, -0.25) is 0 Å². The van der Waals surface area contributed by atoms with Gasteiger partial charge in [-0.15, -0.1) is 12.8 Å². The first-order valence-electron chi connectivity index (χ1n) is 5.20. The van der Waals surface area contributed by atoms with Crippen LogP contribution in [0, 0.1) is 24.7 Å². The lowest BCUT2D eigenvalue weighted by atomic mass is 10.5. The largest absolute Gasteiger partial charge is 0.318 e. The highest BCUT2D eigenvalue weighted by molar-refractivity contribution is 7.99. The monoisotopic (exact) mass is 308 g/mol. The lowest BCUT2D eigenvalue weighted by molar-refractivity contribution is 0.807. The van der Waals surface area contributed by atoms with Gasteiger partial charge >= 0.3 is 0 Å². The van der Waals surface area contributed by atoms with Crippen LogP contribution in [-0.2, 0) is 7.05 Å². The molecule has 4 nitrogen and oxygen atoms in total. The number of terminal acetylenes is 2. The molecule has 7 heteroatoms. The predicted molar refractivity (Wildman–Crippen MR) is 80.4 cm³/mol. The summed E-state index contributed by atoms with van der Waals surface area (Å²) in [7, 11) is 1.89. The number of nitrogens with zero attached hydrogens (tertiary/aromatic N) is 4. The van der Waals surface area contributed by atoms with Crippen molar-refractivity contribution in [3.05, 3.63) is 5.28 Å². The Morgan fingerprint density at radius 2 is 1.84 bits per heavy atom. The van der Waals surface area contributed by atoms with E-state index in [2.05, 4.69) is 26.8 Å². The minimum Gasteiger partial charge on any atom is -0.318 e. The molecule has 0 amide bonds. The number of thioether (sulfide) groups is 2. The quantitative estimate of drug-likeness (QED) is 0.376. The molecule has 0 aliphatic carbocycles. The molecule has 0 aliphatic rings. The number of imidazole rings is 1. The number of rotatable bonds is 4. The maximum Gasteiger partial charge on any atom is 0.225 e. The molecule has 0 aromatic carbocycles. The fourth-order valence-electron chi connectivity index (χ4n) is 1.48. The third-order valence-electron chi connectivity index (χ3n) is 2.21. The van der Waals surface area contributed by atoms with E-state index in [0.717, 1.165) is 15.7 Å². The lowest BCUT2D eigenvalue weighted by Crippen LogP contribution is -1.95. The Bertz CT molecular complexity index is 696. The third-order valence-corrected chi connectivity index (χ3v) is 4.18. The highest BCUT2D eigenvalue weighted by Crippen LogP contribution is 2.29. The molecule has 0 unspecified atom stereocenters. The van der Waals surface area contributed by atoms with E-state index < -0.39 is 0 Å². The minimum absolute atomic E-state index is 0.165. The van der Waals surface area contributed by atoms with Gasteiger partial charge in [-0.1, -0.05) is 35.4 Å². The number of hydrogen-bond donors (Lipinski definition) is 0. The second-order valence-electron chi connectivity index (χ2n) is 3.41. The predicted octanol–water partition coefficient (Wildman–Crippen LogP) is 2.47. The zero-order chi connectivity index (χ0) is 13.8. The summed E-state index contributed by atoms with van der Waals surface area (Å²) in [4.78, 5) is 12.7. The standard InChI is InChI=1S/C12H9ClN4S2/c1-4-6-18-10-8-9(14-11(13)16-10)15-12(17(8)3)19-7-5-2/h1-2H,6-7H2,3H3. The van der Waals surface area contributed by atoms with Crippen molar-refractivity contribution in [1.29, 1.82) is 0 Å². The van der Waals surface area contributed by atoms with E-state index in [0.29, 0.717) is 17.2 Å². The Kier molecular flexibility index (Phi) is 4.60. The summed E-state index contributed by atoms with van der Waals surface area (Å²) in [6.45, 7) is 0. The summed E-state index contributed by atoms with van der Waals surface area (Å²) in [6, 6.07) is 0. The molecule has 2 aromatic rings. The molecule has 2 rings (SSSR count). The molecule has 0 saturated carbocycles. The molecule has 96 valence electrons. The summed E-state index contributed by atoms with van der Waals surface area (Å²) < 4.78 is 1.91. The van der Waals surface area contributed by atoms with Crippen molar-refractivity contribution in [2.24, 2.45) is 7.05 Å². The summed E-state index contributed by atoms with van der Waals surface area (Å²) in [6.07, 6.45) is 10.5. The van der Waals surface area contributed by atoms with E-state index in [9.17, 15) is 0 Å². The Morgan fingerprint density at radius 1 is 1.16 bits per heavy atom. The molecule has 19 heavy (non-hydrogen) atoms. The van der Waals surface area contributed by atoms with Crippen molar-refractivity contribution >= 4 is 46.3 Å². The van der Waals surface area contributed by atoms with Crippen LogP contribution in [0.5, 0.6) is 0 Å². The molecular formula is C12H9ClN4S2. The molecule has 0 N–H and O–H groups in total. The van der Waals surface area contributed by atoms with E-state index >= 15 is 0 Å².